The minimum Gasteiger partial charge on any atom is -0.478 e. The highest BCUT2D eigenvalue weighted by Gasteiger charge is 2.24. The Hall–Kier alpha value is -2.49. The number of aliphatic hydroxyl groups is 3. The van der Waals surface area contributed by atoms with Crippen LogP contribution >= 0.6 is 0 Å². The topological polar surface area (TPSA) is 173 Å². The number of aliphatic hydroxyl groups excluding tert-OH is 3. The molecule has 0 bridgehead atoms. The van der Waals surface area contributed by atoms with Gasteiger partial charge in [-0.05, 0) is 20.3 Å². The molecular weight excluding hydrogens is 348 g/mol. The number of rotatable bonds is 7. The molecule has 0 radical (unpaired) electrons. The standard InChI is InChI=1S/C6H14O3.2C4H6O2.C3H4O2/c1-2-6(3-7,4-8)5-9;2*1-3(2)4(5)6;1-2-3(4)5/h7-9H,2-5H2,1H3;2*1H2,2H3,(H,5,6);2H,1H2,(H,4,5). The number of carboxylic acids is 3. The summed E-state index contributed by atoms with van der Waals surface area (Å²) in [5.74, 6) is -2.85. The average molecular weight is 378 g/mol. The highest BCUT2D eigenvalue weighted by atomic mass is 16.4. The largest absolute Gasteiger partial charge is 0.478 e. The zero-order valence-electron chi connectivity index (χ0n) is 15.4. The lowest BCUT2D eigenvalue weighted by molar-refractivity contribution is -0.133. The van der Waals surface area contributed by atoms with Gasteiger partial charge in [0.25, 0.3) is 0 Å². The fourth-order valence-electron chi connectivity index (χ4n) is 0.485. The lowest BCUT2D eigenvalue weighted by Crippen LogP contribution is -2.32. The summed E-state index contributed by atoms with van der Waals surface area (Å²) >= 11 is 0. The van der Waals surface area contributed by atoms with Crippen LogP contribution in [-0.4, -0.2) is 68.4 Å². The summed E-state index contributed by atoms with van der Waals surface area (Å²) < 4.78 is 0. The van der Waals surface area contributed by atoms with Gasteiger partial charge in [0.15, 0.2) is 0 Å². The molecule has 0 aliphatic heterocycles. The fraction of sp³-hybridized carbons (Fsp3) is 0.471. The Morgan fingerprint density at radius 1 is 0.846 bits per heavy atom. The smallest absolute Gasteiger partial charge is 0.330 e. The minimum atomic E-state index is -0.981. The van der Waals surface area contributed by atoms with Crippen molar-refractivity contribution in [2.24, 2.45) is 5.41 Å². The van der Waals surface area contributed by atoms with E-state index >= 15 is 0 Å². The van der Waals surface area contributed by atoms with Gasteiger partial charge in [0, 0.05) is 22.6 Å². The van der Waals surface area contributed by atoms with E-state index in [2.05, 4.69) is 19.7 Å². The molecule has 0 rings (SSSR count). The molecule has 0 unspecified atom stereocenters. The Morgan fingerprint density at radius 2 is 1.04 bits per heavy atom. The Labute approximate surface area is 153 Å². The molecule has 0 saturated heterocycles. The van der Waals surface area contributed by atoms with E-state index in [1.807, 2.05) is 6.92 Å². The summed E-state index contributed by atoms with van der Waals surface area (Å²) in [6.45, 7) is 13.5. The van der Waals surface area contributed by atoms with Crippen LogP contribution in [0.5, 0.6) is 0 Å². The zero-order chi connectivity index (χ0) is 21.9. The van der Waals surface area contributed by atoms with Crippen LogP contribution in [0.4, 0.5) is 0 Å². The van der Waals surface area contributed by atoms with E-state index in [9.17, 15) is 14.4 Å². The Balaban J connectivity index is -0.000000128. The number of hydrogen-bond donors (Lipinski definition) is 6. The zero-order valence-corrected chi connectivity index (χ0v) is 15.4. The lowest BCUT2D eigenvalue weighted by atomic mass is 9.88. The molecule has 0 fully saturated rings. The predicted octanol–water partition coefficient (Wildman–Crippen LogP) is 0.911. The lowest BCUT2D eigenvalue weighted by Gasteiger charge is -2.24. The van der Waals surface area contributed by atoms with Crippen LogP contribution in [0.1, 0.15) is 27.2 Å². The molecule has 6 N–H and O–H groups in total. The van der Waals surface area contributed by atoms with Gasteiger partial charge in [-0.25, -0.2) is 14.4 Å². The van der Waals surface area contributed by atoms with E-state index in [1.54, 1.807) is 0 Å². The molecule has 26 heavy (non-hydrogen) atoms. The summed E-state index contributed by atoms with van der Waals surface area (Å²) in [5.41, 5.74) is -0.315. The molecule has 0 atom stereocenters. The van der Waals surface area contributed by atoms with E-state index in [0.29, 0.717) is 6.42 Å². The van der Waals surface area contributed by atoms with Gasteiger partial charge in [-0.2, -0.15) is 0 Å². The Kier molecular flexibility index (Phi) is 22.7. The molecule has 0 aromatic heterocycles. The molecule has 0 saturated carbocycles. The van der Waals surface area contributed by atoms with Crippen molar-refractivity contribution in [1.82, 2.24) is 0 Å². The summed E-state index contributed by atoms with van der Waals surface area (Å²) in [7, 11) is 0. The van der Waals surface area contributed by atoms with E-state index in [4.69, 9.17) is 30.6 Å². The van der Waals surface area contributed by atoms with Crippen LogP contribution in [0.3, 0.4) is 0 Å². The number of carbonyl (C=O) groups is 3. The quantitative estimate of drug-likeness (QED) is 0.352. The first kappa shape index (κ1) is 31.3. The maximum atomic E-state index is 9.60. The predicted molar refractivity (Wildman–Crippen MR) is 96.7 cm³/mol. The van der Waals surface area contributed by atoms with Crippen LogP contribution < -0.4 is 0 Å². The summed E-state index contributed by atoms with van der Waals surface area (Å²) in [5, 5.41) is 49.4. The van der Waals surface area contributed by atoms with Crippen molar-refractivity contribution < 1.29 is 45.0 Å². The highest BCUT2D eigenvalue weighted by Crippen LogP contribution is 2.18. The van der Waals surface area contributed by atoms with Crippen molar-refractivity contribution in [2.45, 2.75) is 27.2 Å². The summed E-state index contributed by atoms with van der Waals surface area (Å²) in [6.07, 6.45) is 1.43. The molecule has 0 aliphatic carbocycles. The van der Waals surface area contributed by atoms with E-state index in [-0.39, 0.29) is 31.0 Å². The van der Waals surface area contributed by atoms with Gasteiger partial charge >= 0.3 is 17.9 Å². The molecule has 0 heterocycles. The van der Waals surface area contributed by atoms with E-state index < -0.39 is 23.3 Å². The first-order valence-electron chi connectivity index (χ1n) is 7.26. The average Bonchev–Trinajstić information content (AvgIpc) is 2.59. The fourth-order valence-corrected chi connectivity index (χ4v) is 0.485. The van der Waals surface area contributed by atoms with Crippen molar-refractivity contribution in [2.75, 3.05) is 19.8 Å². The van der Waals surface area contributed by atoms with Gasteiger partial charge in [0.05, 0.1) is 19.8 Å². The van der Waals surface area contributed by atoms with Crippen LogP contribution in [0, 0.1) is 5.41 Å². The van der Waals surface area contributed by atoms with Crippen molar-refractivity contribution in [3.63, 3.8) is 0 Å². The normalized spacial score (nSPS) is 8.85. The van der Waals surface area contributed by atoms with Gasteiger partial charge in [0.2, 0.25) is 0 Å². The van der Waals surface area contributed by atoms with Crippen molar-refractivity contribution in [3.8, 4) is 0 Å². The van der Waals surface area contributed by atoms with Gasteiger partial charge in [-0.15, -0.1) is 0 Å². The second kappa shape index (κ2) is 18.8. The molecule has 0 aromatic rings. The first-order chi connectivity index (χ1) is 11.8. The Bertz CT molecular complexity index is 397. The molecule has 0 spiro atoms. The molecule has 0 aromatic carbocycles. The third-order valence-corrected chi connectivity index (χ3v) is 2.66. The van der Waals surface area contributed by atoms with E-state index in [0.717, 1.165) is 6.08 Å². The SMILES string of the molecule is C=C(C)C(=O)O.C=C(C)C(=O)O.C=CC(=O)O.CCC(CO)(CO)CO. The Morgan fingerprint density at radius 3 is 1.04 bits per heavy atom. The van der Waals surface area contributed by atoms with Crippen molar-refractivity contribution >= 4 is 17.9 Å². The number of aliphatic carboxylic acids is 3. The van der Waals surface area contributed by atoms with Crippen molar-refractivity contribution in [3.05, 3.63) is 37.0 Å². The summed E-state index contributed by atoms with van der Waals surface area (Å²) in [4.78, 5) is 28.4. The highest BCUT2D eigenvalue weighted by molar-refractivity contribution is 5.85. The third kappa shape index (κ3) is 23.8. The maximum Gasteiger partial charge on any atom is 0.330 e. The monoisotopic (exact) mass is 378 g/mol. The number of carboxylic acid groups (broad SMARTS) is 3. The molecule has 9 heteroatoms. The second-order valence-electron chi connectivity index (χ2n) is 5.04. The second-order valence-corrected chi connectivity index (χ2v) is 5.04. The molecular formula is C17H30O9. The van der Waals surface area contributed by atoms with Crippen molar-refractivity contribution in [1.29, 1.82) is 0 Å². The molecule has 0 aliphatic rings. The first-order valence-corrected chi connectivity index (χ1v) is 7.26. The molecule has 0 amide bonds. The minimum absolute atomic E-state index is 0.156. The third-order valence-electron chi connectivity index (χ3n) is 2.66. The maximum absolute atomic E-state index is 9.60. The molecule has 9 nitrogen and oxygen atoms in total. The van der Waals surface area contributed by atoms with Gasteiger partial charge in [0.1, 0.15) is 0 Å². The van der Waals surface area contributed by atoms with Gasteiger partial charge < -0.3 is 30.6 Å². The van der Waals surface area contributed by atoms with Gasteiger partial charge in [-0.3, -0.25) is 0 Å². The van der Waals surface area contributed by atoms with Crippen LogP contribution in [0.2, 0.25) is 0 Å². The molecule has 152 valence electrons. The summed E-state index contributed by atoms with van der Waals surface area (Å²) in [6, 6.07) is 0. The van der Waals surface area contributed by atoms with Crippen LogP contribution in [0.15, 0.2) is 37.0 Å². The van der Waals surface area contributed by atoms with Crippen LogP contribution in [0.25, 0.3) is 0 Å². The van der Waals surface area contributed by atoms with Gasteiger partial charge in [-0.1, -0.05) is 26.7 Å². The van der Waals surface area contributed by atoms with E-state index in [1.165, 1.54) is 13.8 Å². The van der Waals surface area contributed by atoms with Crippen LogP contribution in [-0.2, 0) is 14.4 Å². The number of hydrogen-bond acceptors (Lipinski definition) is 6.